The summed E-state index contributed by atoms with van der Waals surface area (Å²) in [4.78, 5) is 24.9. The smallest absolute Gasteiger partial charge is 0.410 e. The average molecular weight is 478 g/mol. The maximum absolute atomic E-state index is 12.7. The fourth-order valence-corrected chi connectivity index (χ4v) is 3.70. The van der Waals surface area contributed by atoms with Crippen LogP contribution in [0.4, 0.5) is 16.3 Å². The number of hydrogen-bond acceptors (Lipinski definition) is 5. The zero-order chi connectivity index (χ0) is 24.9. The highest BCUT2D eigenvalue weighted by Crippen LogP contribution is 2.21. The van der Waals surface area contributed by atoms with E-state index in [-0.39, 0.29) is 18.3 Å². The molecule has 178 valence electrons. The number of rotatable bonds is 6. The van der Waals surface area contributed by atoms with Crippen molar-refractivity contribution in [3.63, 3.8) is 0 Å². The molecule has 36 heavy (non-hydrogen) atoms. The zero-order valence-electron chi connectivity index (χ0n) is 19.2. The van der Waals surface area contributed by atoms with Gasteiger partial charge in [0.15, 0.2) is 5.82 Å². The lowest BCUT2D eigenvalue weighted by Gasteiger charge is -2.08. The lowest BCUT2D eigenvalue weighted by molar-refractivity contribution is 0.102. The Morgan fingerprint density at radius 1 is 0.861 bits per heavy atom. The Hall–Kier alpha value is -5.11. The van der Waals surface area contributed by atoms with Gasteiger partial charge in [-0.1, -0.05) is 60.7 Å². The van der Waals surface area contributed by atoms with Crippen molar-refractivity contribution < 1.29 is 14.3 Å². The average Bonchev–Trinajstić information content (AvgIpc) is 3.28. The lowest BCUT2D eigenvalue weighted by Crippen LogP contribution is -2.26. The number of benzene rings is 4. The molecule has 1 heterocycles. The van der Waals surface area contributed by atoms with Crippen molar-refractivity contribution in [3.8, 4) is 11.4 Å². The molecule has 2 amide bonds. The quantitative estimate of drug-likeness (QED) is 0.313. The summed E-state index contributed by atoms with van der Waals surface area (Å²) in [7, 11) is 0. The molecule has 5 rings (SSSR count). The Balaban J connectivity index is 1.16. The number of amides is 2. The molecule has 0 atom stereocenters. The van der Waals surface area contributed by atoms with Gasteiger partial charge in [-0.25, -0.2) is 9.48 Å². The molecule has 0 fully saturated rings. The predicted molar refractivity (Wildman–Crippen MR) is 139 cm³/mol. The molecule has 1 aromatic heterocycles. The van der Waals surface area contributed by atoms with E-state index in [1.807, 2.05) is 66.7 Å². The van der Waals surface area contributed by atoms with Crippen molar-refractivity contribution >= 4 is 34.3 Å². The summed E-state index contributed by atoms with van der Waals surface area (Å²) >= 11 is 0. The molecular weight excluding hydrogens is 454 g/mol. The van der Waals surface area contributed by atoms with E-state index in [2.05, 4.69) is 15.7 Å². The van der Waals surface area contributed by atoms with Crippen LogP contribution in [-0.2, 0) is 6.54 Å². The van der Waals surface area contributed by atoms with Crippen molar-refractivity contribution in [2.75, 3.05) is 11.1 Å². The number of nitrogens with one attached hydrogen (secondary N) is 2. The summed E-state index contributed by atoms with van der Waals surface area (Å²) in [6, 6.07) is 29.7. The maximum Gasteiger partial charge on any atom is 0.412 e. The number of anilines is 2. The summed E-state index contributed by atoms with van der Waals surface area (Å²) in [6.45, 7) is 0.253. The minimum atomic E-state index is -0.559. The van der Waals surface area contributed by atoms with Crippen LogP contribution in [0.3, 0.4) is 0 Å². The van der Waals surface area contributed by atoms with Gasteiger partial charge in [0.1, 0.15) is 5.75 Å². The molecule has 8 nitrogen and oxygen atoms in total. The van der Waals surface area contributed by atoms with Gasteiger partial charge in [-0.15, -0.1) is 5.10 Å². The second kappa shape index (κ2) is 10.0. The minimum Gasteiger partial charge on any atom is -0.410 e. The van der Waals surface area contributed by atoms with Crippen LogP contribution in [0.5, 0.6) is 5.75 Å². The Morgan fingerprint density at radius 2 is 1.58 bits per heavy atom. The molecule has 4 aromatic carbocycles. The largest absolute Gasteiger partial charge is 0.412 e. The van der Waals surface area contributed by atoms with Crippen LogP contribution in [0.2, 0.25) is 0 Å². The van der Waals surface area contributed by atoms with Crippen LogP contribution in [-0.4, -0.2) is 21.8 Å². The van der Waals surface area contributed by atoms with E-state index in [1.54, 1.807) is 41.2 Å². The standard InChI is InChI=1S/C28H23N5O3/c29-25-18-33(23-8-2-1-3-9-23)32-26(25)31-27(34)21-12-10-19(11-13-21)17-30-28(35)36-24-15-14-20-6-4-5-7-22(20)16-24/h1-16,18H,17,29H2,(H,30,35)(H,31,32,34). The molecule has 0 aliphatic heterocycles. The van der Waals surface area contributed by atoms with Gasteiger partial charge in [-0.2, -0.15) is 0 Å². The molecule has 0 aliphatic rings. The van der Waals surface area contributed by atoms with Gasteiger partial charge >= 0.3 is 6.09 Å². The van der Waals surface area contributed by atoms with Gasteiger partial charge in [0.05, 0.1) is 17.6 Å². The highest BCUT2D eigenvalue weighted by atomic mass is 16.6. The number of fused-ring (bicyclic) bond motifs is 1. The van der Waals surface area contributed by atoms with E-state index in [0.717, 1.165) is 22.0 Å². The van der Waals surface area contributed by atoms with Crippen molar-refractivity contribution in [1.82, 2.24) is 15.1 Å². The van der Waals surface area contributed by atoms with E-state index in [9.17, 15) is 9.59 Å². The number of nitrogen functional groups attached to an aromatic ring is 1. The van der Waals surface area contributed by atoms with E-state index in [1.165, 1.54) is 0 Å². The van der Waals surface area contributed by atoms with Crippen LogP contribution in [0.1, 0.15) is 15.9 Å². The number of hydrogen-bond donors (Lipinski definition) is 3. The summed E-state index contributed by atoms with van der Waals surface area (Å²) in [5.74, 6) is 0.411. The van der Waals surface area contributed by atoms with Gasteiger partial charge in [-0.05, 0) is 52.7 Å². The fourth-order valence-electron chi connectivity index (χ4n) is 3.70. The molecule has 0 radical (unpaired) electrons. The minimum absolute atomic E-state index is 0.253. The molecule has 8 heteroatoms. The first-order valence-corrected chi connectivity index (χ1v) is 11.3. The first kappa shape index (κ1) is 22.7. The third kappa shape index (κ3) is 5.18. The second-order valence-electron chi connectivity index (χ2n) is 8.12. The van der Waals surface area contributed by atoms with Crippen LogP contribution in [0, 0.1) is 0 Å². The van der Waals surface area contributed by atoms with Crippen molar-refractivity contribution in [1.29, 1.82) is 0 Å². The molecular formula is C28H23N5O3. The van der Waals surface area contributed by atoms with Gasteiger partial charge in [-0.3, -0.25) is 4.79 Å². The zero-order valence-corrected chi connectivity index (χ0v) is 19.2. The summed E-state index contributed by atoms with van der Waals surface area (Å²) in [5.41, 5.74) is 8.47. The predicted octanol–water partition coefficient (Wildman–Crippen LogP) is 5.15. The first-order chi connectivity index (χ1) is 17.5. The number of ether oxygens (including phenoxy) is 1. The molecule has 0 unspecified atom stereocenters. The highest BCUT2D eigenvalue weighted by Gasteiger charge is 2.13. The molecule has 4 N–H and O–H groups in total. The highest BCUT2D eigenvalue weighted by molar-refractivity contribution is 6.05. The van der Waals surface area contributed by atoms with E-state index in [0.29, 0.717) is 17.0 Å². The van der Waals surface area contributed by atoms with Crippen LogP contribution < -0.4 is 21.1 Å². The van der Waals surface area contributed by atoms with Crippen LogP contribution >= 0.6 is 0 Å². The number of carbonyl (C=O) groups is 2. The van der Waals surface area contributed by atoms with E-state index in [4.69, 9.17) is 10.5 Å². The SMILES string of the molecule is Nc1cn(-c2ccccc2)nc1NC(=O)c1ccc(CNC(=O)Oc2ccc3ccccc3c2)cc1. The maximum atomic E-state index is 12.7. The van der Waals surface area contributed by atoms with Gasteiger partial charge in [0.2, 0.25) is 0 Å². The number of nitrogens with zero attached hydrogens (tertiary/aromatic N) is 2. The van der Waals surface area contributed by atoms with Crippen molar-refractivity contribution in [3.05, 3.63) is 114 Å². The normalized spacial score (nSPS) is 10.7. The van der Waals surface area contributed by atoms with Gasteiger partial charge in [0, 0.05) is 12.1 Å². The lowest BCUT2D eigenvalue weighted by atomic mass is 10.1. The molecule has 0 spiro atoms. The van der Waals surface area contributed by atoms with Gasteiger partial charge < -0.3 is 21.1 Å². The Morgan fingerprint density at radius 3 is 2.36 bits per heavy atom. The number of aromatic nitrogens is 2. The number of para-hydroxylation sites is 1. The molecule has 5 aromatic rings. The molecule has 0 aliphatic carbocycles. The monoisotopic (exact) mass is 477 g/mol. The first-order valence-electron chi connectivity index (χ1n) is 11.3. The van der Waals surface area contributed by atoms with Gasteiger partial charge in [0.25, 0.3) is 5.91 Å². The van der Waals surface area contributed by atoms with Crippen LogP contribution in [0.15, 0.2) is 103 Å². The van der Waals surface area contributed by atoms with E-state index < -0.39 is 6.09 Å². The third-order valence-electron chi connectivity index (χ3n) is 5.58. The van der Waals surface area contributed by atoms with Crippen molar-refractivity contribution in [2.24, 2.45) is 0 Å². The fraction of sp³-hybridized carbons (Fsp3) is 0.0357. The molecule has 0 saturated heterocycles. The topological polar surface area (TPSA) is 111 Å². The van der Waals surface area contributed by atoms with Crippen LogP contribution in [0.25, 0.3) is 16.5 Å². The molecule has 0 saturated carbocycles. The Kier molecular flexibility index (Phi) is 6.31. The number of nitrogens with two attached hydrogens (primary N) is 1. The Labute approximate surface area is 207 Å². The van der Waals surface area contributed by atoms with Crippen molar-refractivity contribution in [2.45, 2.75) is 6.54 Å². The Bertz CT molecular complexity index is 1530. The second-order valence-corrected chi connectivity index (χ2v) is 8.12. The molecule has 0 bridgehead atoms. The third-order valence-corrected chi connectivity index (χ3v) is 5.58. The van der Waals surface area contributed by atoms with E-state index >= 15 is 0 Å². The number of carbonyl (C=O) groups excluding carboxylic acids is 2. The summed E-state index contributed by atoms with van der Waals surface area (Å²) in [6.07, 6.45) is 1.09. The summed E-state index contributed by atoms with van der Waals surface area (Å²) < 4.78 is 6.99. The summed E-state index contributed by atoms with van der Waals surface area (Å²) in [5, 5.41) is 11.9.